The van der Waals surface area contributed by atoms with Crippen molar-refractivity contribution in [1.82, 2.24) is 4.57 Å². The second-order valence-corrected chi connectivity index (χ2v) is 11.3. The van der Waals surface area contributed by atoms with E-state index in [0.29, 0.717) is 53.8 Å². The summed E-state index contributed by atoms with van der Waals surface area (Å²) in [5, 5.41) is 11.9. The van der Waals surface area contributed by atoms with Gasteiger partial charge >= 0.3 is 5.97 Å². The zero-order valence-corrected chi connectivity index (χ0v) is 25.1. The predicted molar refractivity (Wildman–Crippen MR) is 168 cm³/mol. The Labute approximate surface area is 259 Å². The molecule has 0 amide bonds. The third-order valence-corrected chi connectivity index (χ3v) is 8.46. The Morgan fingerprint density at radius 3 is 2.55 bits per heavy atom. The summed E-state index contributed by atoms with van der Waals surface area (Å²) in [7, 11) is 0. The van der Waals surface area contributed by atoms with Gasteiger partial charge in [0.2, 0.25) is 0 Å². The second kappa shape index (κ2) is 11.9. The van der Waals surface area contributed by atoms with E-state index in [-0.39, 0.29) is 23.4 Å². The smallest absolute Gasteiger partial charge is 0.338 e. The van der Waals surface area contributed by atoms with Gasteiger partial charge in [-0.05, 0) is 43.7 Å². The molecule has 6 rings (SSSR count). The maximum absolute atomic E-state index is 14.1. The molecule has 5 aromatic rings. The highest BCUT2D eigenvalue weighted by Gasteiger charge is 2.35. The number of thiazole rings is 1. The molecule has 3 aromatic carbocycles. The fourth-order valence-corrected chi connectivity index (χ4v) is 6.30. The first-order valence-electron chi connectivity index (χ1n) is 13.6. The first-order chi connectivity index (χ1) is 21.3. The molecule has 0 radical (unpaired) electrons. The summed E-state index contributed by atoms with van der Waals surface area (Å²) in [5.41, 5.74) is 2.69. The van der Waals surface area contributed by atoms with Gasteiger partial charge in [0.25, 0.3) is 11.2 Å². The lowest BCUT2D eigenvalue weighted by Crippen LogP contribution is -2.39. The van der Waals surface area contributed by atoms with Crippen LogP contribution >= 0.6 is 22.9 Å². The van der Waals surface area contributed by atoms with Crippen LogP contribution in [0.5, 0.6) is 0 Å². The molecule has 0 fully saturated rings. The van der Waals surface area contributed by atoms with Gasteiger partial charge in [-0.1, -0.05) is 77.5 Å². The third-order valence-electron chi connectivity index (χ3n) is 7.23. The van der Waals surface area contributed by atoms with Crippen molar-refractivity contribution in [2.24, 2.45) is 4.99 Å². The van der Waals surface area contributed by atoms with Gasteiger partial charge in [0.15, 0.2) is 4.80 Å². The molecular formula is C33H24ClN3O6S. The Hall–Kier alpha value is -5.06. The lowest BCUT2D eigenvalue weighted by Gasteiger charge is -2.25. The molecule has 2 aromatic heterocycles. The number of rotatable bonds is 7. The van der Waals surface area contributed by atoms with Crippen molar-refractivity contribution >= 4 is 46.4 Å². The summed E-state index contributed by atoms with van der Waals surface area (Å²) in [5.74, 6) is 0.236. The average Bonchev–Trinajstić information content (AvgIpc) is 3.61. The molecule has 9 nitrogen and oxygen atoms in total. The Bertz CT molecular complexity index is 2130. The topological polar surface area (TPSA) is 117 Å². The molecule has 220 valence electrons. The molecule has 0 bridgehead atoms. The molecule has 3 heterocycles. The van der Waals surface area contributed by atoms with Crippen LogP contribution in [0, 0.1) is 17.0 Å². The number of ether oxygens (including phenoxy) is 1. The van der Waals surface area contributed by atoms with Crippen LogP contribution in [-0.4, -0.2) is 22.1 Å². The fraction of sp³-hybridized carbons (Fsp3) is 0.121. The van der Waals surface area contributed by atoms with Crippen LogP contribution in [0.2, 0.25) is 5.02 Å². The SMILES string of the molecule is CCOC(=O)C1=C(c2ccccc2)N=c2sc(=Cc3ccc(-c4cccc([N+](=O)[O-])c4C)o3)c(=O)n2C1c1ccc(Cl)cc1. The van der Waals surface area contributed by atoms with Gasteiger partial charge in [-0.25, -0.2) is 9.79 Å². The number of furan rings is 1. The van der Waals surface area contributed by atoms with Gasteiger partial charge in [-0.2, -0.15) is 0 Å². The van der Waals surface area contributed by atoms with Crippen molar-refractivity contribution in [2.45, 2.75) is 19.9 Å². The minimum atomic E-state index is -0.834. The normalized spacial score (nSPS) is 14.7. The highest BCUT2D eigenvalue weighted by Crippen LogP contribution is 2.36. The van der Waals surface area contributed by atoms with Gasteiger partial charge in [-0.15, -0.1) is 0 Å². The molecule has 1 aliphatic rings. The van der Waals surface area contributed by atoms with Crippen molar-refractivity contribution in [3.05, 3.63) is 148 Å². The summed E-state index contributed by atoms with van der Waals surface area (Å²) in [6, 6.07) is 23.6. The Balaban J connectivity index is 1.54. The van der Waals surface area contributed by atoms with E-state index in [1.165, 1.54) is 22.0 Å². The number of hydrogen-bond donors (Lipinski definition) is 0. The van der Waals surface area contributed by atoms with Gasteiger partial charge in [0, 0.05) is 33.9 Å². The molecule has 0 saturated heterocycles. The van der Waals surface area contributed by atoms with Crippen LogP contribution in [0.3, 0.4) is 0 Å². The number of aromatic nitrogens is 1. The van der Waals surface area contributed by atoms with E-state index >= 15 is 0 Å². The average molecular weight is 626 g/mol. The number of nitro benzene ring substituents is 1. The number of esters is 1. The molecule has 0 N–H and O–H groups in total. The second-order valence-electron chi connectivity index (χ2n) is 9.89. The Morgan fingerprint density at radius 1 is 1.09 bits per heavy atom. The maximum Gasteiger partial charge on any atom is 0.338 e. The van der Waals surface area contributed by atoms with E-state index in [0.717, 1.165) is 0 Å². The van der Waals surface area contributed by atoms with Gasteiger partial charge in [0.1, 0.15) is 11.5 Å². The lowest BCUT2D eigenvalue weighted by molar-refractivity contribution is -0.385. The molecule has 0 spiro atoms. The van der Waals surface area contributed by atoms with Gasteiger partial charge < -0.3 is 9.15 Å². The first kappa shape index (κ1) is 29.0. The summed E-state index contributed by atoms with van der Waals surface area (Å²) in [6.07, 6.45) is 1.61. The highest BCUT2D eigenvalue weighted by atomic mass is 35.5. The van der Waals surface area contributed by atoms with E-state index < -0.39 is 16.9 Å². The number of carbonyl (C=O) groups is 1. The number of carbonyl (C=O) groups excluding carboxylic acids is 1. The van der Waals surface area contributed by atoms with Gasteiger partial charge in [-0.3, -0.25) is 19.5 Å². The van der Waals surface area contributed by atoms with Crippen LogP contribution in [0.1, 0.15) is 35.4 Å². The van der Waals surface area contributed by atoms with E-state index in [4.69, 9.17) is 25.7 Å². The van der Waals surface area contributed by atoms with Crippen molar-refractivity contribution < 1.29 is 18.9 Å². The van der Waals surface area contributed by atoms with Gasteiger partial charge in [0.05, 0.1) is 33.4 Å². The predicted octanol–water partition coefficient (Wildman–Crippen LogP) is 6.07. The first-order valence-corrected chi connectivity index (χ1v) is 14.8. The molecule has 44 heavy (non-hydrogen) atoms. The fourth-order valence-electron chi connectivity index (χ4n) is 5.19. The van der Waals surface area contributed by atoms with E-state index in [1.807, 2.05) is 30.3 Å². The van der Waals surface area contributed by atoms with Crippen molar-refractivity contribution in [3.8, 4) is 11.3 Å². The molecule has 0 saturated carbocycles. The monoisotopic (exact) mass is 625 g/mol. The van der Waals surface area contributed by atoms with Crippen LogP contribution in [-0.2, 0) is 9.53 Å². The number of halogens is 1. The number of benzene rings is 3. The molecule has 1 atom stereocenters. The van der Waals surface area contributed by atoms with Crippen LogP contribution in [0.4, 0.5) is 5.69 Å². The molecule has 11 heteroatoms. The zero-order chi connectivity index (χ0) is 31.0. The molecule has 1 aliphatic heterocycles. The number of fused-ring (bicyclic) bond motifs is 1. The van der Waals surface area contributed by atoms with Crippen LogP contribution < -0.4 is 14.9 Å². The van der Waals surface area contributed by atoms with E-state index in [2.05, 4.69) is 0 Å². The zero-order valence-electron chi connectivity index (χ0n) is 23.5. The minimum Gasteiger partial charge on any atom is -0.463 e. The molecule has 0 aliphatic carbocycles. The maximum atomic E-state index is 14.1. The highest BCUT2D eigenvalue weighted by molar-refractivity contribution is 7.07. The lowest BCUT2D eigenvalue weighted by atomic mass is 9.93. The van der Waals surface area contributed by atoms with E-state index in [1.54, 1.807) is 68.5 Å². The number of nitro groups is 1. The minimum absolute atomic E-state index is 0.0115. The summed E-state index contributed by atoms with van der Waals surface area (Å²) in [4.78, 5) is 43.8. The summed E-state index contributed by atoms with van der Waals surface area (Å²) < 4.78 is 13.3. The molecular weight excluding hydrogens is 602 g/mol. The van der Waals surface area contributed by atoms with Crippen molar-refractivity contribution in [1.29, 1.82) is 0 Å². The third kappa shape index (κ3) is 5.29. The number of hydrogen-bond acceptors (Lipinski definition) is 8. The quantitative estimate of drug-likeness (QED) is 0.123. The Kier molecular flexibility index (Phi) is 7.86. The van der Waals surface area contributed by atoms with Crippen LogP contribution in [0.15, 0.2) is 105 Å². The summed E-state index contributed by atoms with van der Waals surface area (Å²) >= 11 is 7.36. The molecule has 1 unspecified atom stereocenters. The van der Waals surface area contributed by atoms with E-state index in [9.17, 15) is 19.7 Å². The van der Waals surface area contributed by atoms with Crippen molar-refractivity contribution in [2.75, 3.05) is 6.61 Å². The standard InChI is InChI=1S/C33H24ClN3O6S/c1-3-42-32(39)28-29(20-8-5-4-6-9-20)35-33-36(30(28)21-12-14-22(34)15-13-21)31(38)27(44-33)18-23-16-17-26(43-23)24-10-7-11-25(19(24)2)37(40)41/h4-18,30H,3H2,1-2H3. The van der Waals surface area contributed by atoms with Crippen molar-refractivity contribution in [3.63, 3.8) is 0 Å². The summed E-state index contributed by atoms with van der Waals surface area (Å²) in [6.45, 7) is 3.53. The van der Waals surface area contributed by atoms with Crippen LogP contribution in [0.25, 0.3) is 23.1 Å². The number of nitrogens with zero attached hydrogens (tertiary/aromatic N) is 3. The largest absolute Gasteiger partial charge is 0.463 e. The Morgan fingerprint density at radius 2 is 1.84 bits per heavy atom.